The van der Waals surface area contributed by atoms with Crippen LogP contribution in [0.2, 0.25) is 0 Å². The number of carbonyl (C=O) groups excluding carboxylic acids is 1. The second-order valence-electron chi connectivity index (χ2n) is 8.63. The quantitative estimate of drug-likeness (QED) is 0.487. The third-order valence-corrected chi connectivity index (χ3v) is 6.41. The molecule has 2 bridgehead atoms. The van der Waals surface area contributed by atoms with Gasteiger partial charge in [0.2, 0.25) is 5.88 Å². The van der Waals surface area contributed by atoms with Gasteiger partial charge in [-0.3, -0.25) is 4.79 Å². The number of hydrogen-bond donors (Lipinski definition) is 0. The van der Waals surface area contributed by atoms with Gasteiger partial charge >= 0.3 is 6.18 Å². The van der Waals surface area contributed by atoms with Crippen LogP contribution in [-0.4, -0.2) is 44.4 Å². The first-order chi connectivity index (χ1) is 16.7. The molecule has 0 spiro atoms. The minimum Gasteiger partial charge on any atom is -0.472 e. The molecule has 3 aliphatic rings. The lowest BCUT2D eigenvalue weighted by Crippen LogP contribution is -2.59. The molecule has 0 radical (unpaired) electrons. The van der Waals surface area contributed by atoms with Crippen molar-refractivity contribution in [2.45, 2.75) is 37.6 Å². The summed E-state index contributed by atoms with van der Waals surface area (Å²) in [6, 6.07) is 5.72. The van der Waals surface area contributed by atoms with E-state index in [0.29, 0.717) is 25.6 Å². The number of alkyl halides is 3. The van der Waals surface area contributed by atoms with Crippen molar-refractivity contribution >= 4 is 5.91 Å². The highest BCUT2D eigenvalue weighted by molar-refractivity contribution is 6.00. The molecule has 0 N–H and O–H groups in total. The van der Waals surface area contributed by atoms with E-state index in [2.05, 4.69) is 15.0 Å². The van der Waals surface area contributed by atoms with Crippen molar-refractivity contribution in [3.63, 3.8) is 0 Å². The third kappa shape index (κ3) is 4.54. The van der Waals surface area contributed by atoms with Crippen LogP contribution in [0.25, 0.3) is 11.4 Å². The van der Waals surface area contributed by atoms with Gasteiger partial charge in [0.15, 0.2) is 11.6 Å². The number of carbonyl (C=O) groups is 1. The number of ether oxygens (including phenoxy) is 1. The molecule has 2 saturated heterocycles. The van der Waals surface area contributed by atoms with Crippen LogP contribution >= 0.6 is 0 Å². The highest BCUT2D eigenvalue weighted by Gasteiger charge is 2.45. The summed E-state index contributed by atoms with van der Waals surface area (Å²) in [6.45, 7) is 0.435. The summed E-state index contributed by atoms with van der Waals surface area (Å²) in [5.41, 5.74) is -0.968. The molecule has 3 aromatic rings. The van der Waals surface area contributed by atoms with Crippen LogP contribution in [0.3, 0.4) is 0 Å². The maximum absolute atomic E-state index is 14.8. The Kier molecular flexibility index (Phi) is 5.86. The second-order valence-corrected chi connectivity index (χ2v) is 8.63. The van der Waals surface area contributed by atoms with E-state index in [1.807, 2.05) is 0 Å². The smallest absolute Gasteiger partial charge is 0.417 e. The number of fused-ring (bicyclic) bond motifs is 3. The first kappa shape index (κ1) is 23.1. The van der Waals surface area contributed by atoms with E-state index in [9.17, 15) is 26.7 Å². The predicted molar refractivity (Wildman–Crippen MR) is 113 cm³/mol. The minimum atomic E-state index is -4.50. The van der Waals surface area contributed by atoms with Gasteiger partial charge in [-0.25, -0.2) is 23.7 Å². The average Bonchev–Trinajstić information content (AvgIpc) is 2.84. The molecular formula is C24H19F5N4O2. The zero-order valence-corrected chi connectivity index (χ0v) is 18.2. The molecule has 1 aliphatic carbocycles. The monoisotopic (exact) mass is 490 g/mol. The Morgan fingerprint density at radius 3 is 2.43 bits per heavy atom. The molecule has 1 aromatic carbocycles. The zero-order chi connectivity index (χ0) is 24.7. The number of hydrogen-bond acceptors (Lipinski definition) is 5. The van der Waals surface area contributed by atoms with Gasteiger partial charge in [0.25, 0.3) is 5.91 Å². The van der Waals surface area contributed by atoms with E-state index in [1.165, 1.54) is 18.2 Å². The molecular weight excluding hydrogens is 471 g/mol. The molecule has 1 amide bonds. The van der Waals surface area contributed by atoms with Gasteiger partial charge in [-0.2, -0.15) is 13.2 Å². The van der Waals surface area contributed by atoms with Crippen molar-refractivity contribution in [1.29, 1.82) is 0 Å². The second kappa shape index (κ2) is 8.86. The fraction of sp³-hybridized carbons (Fsp3) is 0.333. The fourth-order valence-electron chi connectivity index (χ4n) is 4.79. The lowest BCUT2D eigenvalue weighted by molar-refractivity contribution is -0.137. The molecule has 6 rings (SSSR count). The molecule has 0 unspecified atom stereocenters. The van der Waals surface area contributed by atoms with Crippen molar-refractivity contribution in [3.05, 3.63) is 71.7 Å². The van der Waals surface area contributed by atoms with E-state index in [1.54, 1.807) is 4.90 Å². The molecule has 35 heavy (non-hydrogen) atoms. The van der Waals surface area contributed by atoms with E-state index < -0.39 is 35.4 Å². The van der Waals surface area contributed by atoms with E-state index >= 15 is 0 Å². The molecule has 11 heteroatoms. The number of aromatic nitrogens is 3. The summed E-state index contributed by atoms with van der Waals surface area (Å²) in [6.07, 6.45) is -0.370. The minimum absolute atomic E-state index is 0.0362. The molecule has 2 aliphatic heterocycles. The van der Waals surface area contributed by atoms with Crippen molar-refractivity contribution in [3.8, 4) is 17.3 Å². The van der Waals surface area contributed by atoms with Gasteiger partial charge in [0.05, 0.1) is 35.1 Å². The number of pyridine rings is 1. The Bertz CT molecular complexity index is 1230. The summed E-state index contributed by atoms with van der Waals surface area (Å²) in [5, 5.41) is 0. The summed E-state index contributed by atoms with van der Waals surface area (Å²) in [4.78, 5) is 26.6. The van der Waals surface area contributed by atoms with Gasteiger partial charge in [0.1, 0.15) is 11.9 Å². The topological polar surface area (TPSA) is 68.2 Å². The third-order valence-electron chi connectivity index (χ3n) is 6.41. The Labute approximate surface area is 196 Å². The predicted octanol–water partition coefficient (Wildman–Crippen LogP) is 4.91. The zero-order valence-electron chi connectivity index (χ0n) is 18.2. The summed E-state index contributed by atoms with van der Waals surface area (Å²) in [7, 11) is 0. The highest BCUT2D eigenvalue weighted by atomic mass is 19.4. The maximum Gasteiger partial charge on any atom is 0.417 e. The molecule has 3 fully saturated rings. The molecule has 182 valence electrons. The van der Waals surface area contributed by atoms with Crippen LogP contribution in [0.4, 0.5) is 22.0 Å². The lowest BCUT2D eigenvalue weighted by Gasteiger charge is -2.49. The van der Waals surface area contributed by atoms with E-state index in [-0.39, 0.29) is 34.8 Å². The van der Waals surface area contributed by atoms with Crippen molar-refractivity contribution in [2.24, 2.45) is 5.92 Å². The van der Waals surface area contributed by atoms with E-state index in [0.717, 1.165) is 30.9 Å². The first-order valence-corrected chi connectivity index (χ1v) is 11.0. The molecule has 2 aromatic heterocycles. The van der Waals surface area contributed by atoms with Crippen molar-refractivity contribution < 1.29 is 31.5 Å². The van der Waals surface area contributed by atoms with Crippen molar-refractivity contribution in [2.75, 3.05) is 6.54 Å². The number of benzene rings is 1. The molecule has 1 saturated carbocycles. The fourth-order valence-corrected chi connectivity index (χ4v) is 4.79. The summed E-state index contributed by atoms with van der Waals surface area (Å²) >= 11 is 0. The van der Waals surface area contributed by atoms with Gasteiger partial charge in [-0.05, 0) is 43.4 Å². The van der Waals surface area contributed by atoms with Crippen LogP contribution < -0.4 is 4.74 Å². The summed E-state index contributed by atoms with van der Waals surface area (Å²) in [5.74, 6) is -1.82. The number of halogens is 5. The lowest BCUT2D eigenvalue weighted by atomic mass is 9.77. The van der Waals surface area contributed by atoms with Gasteiger partial charge in [-0.15, -0.1) is 0 Å². The Morgan fingerprint density at radius 1 is 1.00 bits per heavy atom. The number of nitrogens with zero attached hydrogens (tertiary/aromatic N) is 4. The van der Waals surface area contributed by atoms with Crippen LogP contribution in [0, 0.1) is 17.6 Å². The molecule has 4 heterocycles. The van der Waals surface area contributed by atoms with Gasteiger partial charge in [-0.1, -0.05) is 6.07 Å². The Morgan fingerprint density at radius 2 is 1.77 bits per heavy atom. The first-order valence-electron chi connectivity index (χ1n) is 11.0. The highest BCUT2D eigenvalue weighted by Crippen LogP contribution is 2.39. The van der Waals surface area contributed by atoms with Crippen LogP contribution in [0.15, 0.2) is 48.9 Å². The maximum atomic E-state index is 14.8. The molecule has 3 atom stereocenters. The van der Waals surface area contributed by atoms with Crippen LogP contribution in [0.5, 0.6) is 5.88 Å². The van der Waals surface area contributed by atoms with Crippen LogP contribution in [0.1, 0.15) is 35.2 Å². The summed E-state index contributed by atoms with van der Waals surface area (Å²) < 4.78 is 72.5. The van der Waals surface area contributed by atoms with E-state index in [4.69, 9.17) is 4.74 Å². The van der Waals surface area contributed by atoms with Gasteiger partial charge in [0, 0.05) is 18.8 Å². The van der Waals surface area contributed by atoms with Crippen LogP contribution in [-0.2, 0) is 6.18 Å². The SMILES string of the molecule is O=C(c1cccc(F)c1-c1ncc(F)cn1)N1C[C@H]2CC[C@H]1[C@H](Oc1ccc(C(F)(F)F)cn1)C2. The Hall–Kier alpha value is -3.63. The normalized spacial score (nSPS) is 21.7. The number of piperidine rings is 2. The molecule has 6 nitrogen and oxygen atoms in total. The van der Waals surface area contributed by atoms with Gasteiger partial charge < -0.3 is 9.64 Å². The number of rotatable bonds is 4. The average molecular weight is 490 g/mol. The largest absolute Gasteiger partial charge is 0.472 e. The number of amides is 1. The Balaban J connectivity index is 1.41. The van der Waals surface area contributed by atoms with Crippen molar-refractivity contribution in [1.82, 2.24) is 19.9 Å². The standard InChI is InChI=1S/C24H19F5N4O2/c25-15-10-31-22(32-11-15)21-16(2-1-3-17(21)26)23(34)33-12-13-4-6-18(33)19(8-13)35-20-7-5-14(9-30-20)24(27,28)29/h1-3,5,7,9-11,13,18-19H,4,6,8,12H2/t13-,18-,19+/m0/s1.